The van der Waals surface area contributed by atoms with Crippen LogP contribution in [-0.4, -0.2) is 6.54 Å². The molecule has 0 fully saturated rings. The van der Waals surface area contributed by atoms with E-state index in [2.05, 4.69) is 58.1 Å². The second-order valence-corrected chi connectivity index (χ2v) is 6.25. The number of rotatable bonds is 1. The van der Waals surface area contributed by atoms with Gasteiger partial charge in [0.15, 0.2) is 0 Å². The predicted octanol–water partition coefficient (Wildman–Crippen LogP) is 4.81. The van der Waals surface area contributed by atoms with Crippen molar-refractivity contribution >= 4 is 33.0 Å². The van der Waals surface area contributed by atoms with Crippen molar-refractivity contribution in [3.8, 4) is 0 Å². The SMILES string of the molecule is Cc1cc(N2CCCCc3ccccc32)c(Br)cc1N. The highest BCUT2D eigenvalue weighted by atomic mass is 79.9. The molecule has 1 aliphatic rings. The summed E-state index contributed by atoms with van der Waals surface area (Å²) >= 11 is 3.67. The van der Waals surface area contributed by atoms with Crippen LogP contribution < -0.4 is 10.6 Å². The molecule has 0 aromatic heterocycles. The van der Waals surface area contributed by atoms with Crippen LogP contribution in [0.2, 0.25) is 0 Å². The van der Waals surface area contributed by atoms with Crippen molar-refractivity contribution in [1.82, 2.24) is 0 Å². The molecule has 2 nitrogen and oxygen atoms in total. The van der Waals surface area contributed by atoms with Crippen LogP contribution in [-0.2, 0) is 6.42 Å². The number of nitrogens with two attached hydrogens (primary N) is 1. The molecule has 20 heavy (non-hydrogen) atoms. The van der Waals surface area contributed by atoms with Gasteiger partial charge in [-0.25, -0.2) is 0 Å². The second kappa shape index (κ2) is 5.49. The summed E-state index contributed by atoms with van der Waals surface area (Å²) in [5.41, 5.74) is 11.9. The van der Waals surface area contributed by atoms with Gasteiger partial charge in [-0.05, 0) is 71.4 Å². The smallest absolute Gasteiger partial charge is 0.0559 e. The Kier molecular flexibility index (Phi) is 3.70. The number of nitrogens with zero attached hydrogens (tertiary/aromatic N) is 1. The second-order valence-electron chi connectivity index (χ2n) is 5.40. The zero-order valence-corrected chi connectivity index (χ0v) is 13.3. The Labute approximate surface area is 128 Å². The summed E-state index contributed by atoms with van der Waals surface area (Å²) in [6, 6.07) is 12.9. The molecule has 0 amide bonds. The number of benzene rings is 2. The van der Waals surface area contributed by atoms with E-state index in [9.17, 15) is 0 Å². The molecule has 0 unspecified atom stereocenters. The van der Waals surface area contributed by atoms with E-state index in [1.807, 2.05) is 6.07 Å². The normalized spacial score (nSPS) is 14.8. The predicted molar refractivity (Wildman–Crippen MR) is 89.7 cm³/mol. The minimum absolute atomic E-state index is 0.837. The van der Waals surface area contributed by atoms with Crippen molar-refractivity contribution in [2.24, 2.45) is 0 Å². The Morgan fingerprint density at radius 1 is 1.10 bits per heavy atom. The van der Waals surface area contributed by atoms with Gasteiger partial charge < -0.3 is 10.6 Å². The van der Waals surface area contributed by atoms with Crippen LogP contribution >= 0.6 is 15.9 Å². The maximum Gasteiger partial charge on any atom is 0.0559 e. The number of aryl methyl sites for hydroxylation is 2. The topological polar surface area (TPSA) is 29.3 Å². The molecule has 0 saturated carbocycles. The fraction of sp³-hybridized carbons (Fsp3) is 0.294. The highest BCUT2D eigenvalue weighted by Gasteiger charge is 2.18. The van der Waals surface area contributed by atoms with Crippen LogP contribution in [0, 0.1) is 6.92 Å². The van der Waals surface area contributed by atoms with E-state index in [4.69, 9.17) is 5.73 Å². The lowest BCUT2D eigenvalue weighted by Gasteiger charge is -2.27. The minimum Gasteiger partial charge on any atom is -0.398 e. The molecule has 1 aliphatic heterocycles. The lowest BCUT2D eigenvalue weighted by atomic mass is 10.1. The van der Waals surface area contributed by atoms with Crippen molar-refractivity contribution < 1.29 is 0 Å². The number of hydrogen-bond acceptors (Lipinski definition) is 2. The first-order valence-electron chi connectivity index (χ1n) is 7.08. The van der Waals surface area contributed by atoms with Crippen molar-refractivity contribution in [1.29, 1.82) is 0 Å². The molecule has 3 heteroatoms. The van der Waals surface area contributed by atoms with Gasteiger partial charge in [-0.1, -0.05) is 18.2 Å². The maximum atomic E-state index is 6.00. The quantitative estimate of drug-likeness (QED) is 0.760. The van der Waals surface area contributed by atoms with Gasteiger partial charge in [0.1, 0.15) is 0 Å². The number of para-hydroxylation sites is 1. The number of hydrogen-bond donors (Lipinski definition) is 1. The van der Waals surface area contributed by atoms with Crippen molar-refractivity contribution in [3.63, 3.8) is 0 Å². The fourth-order valence-corrected chi connectivity index (χ4v) is 3.41. The van der Waals surface area contributed by atoms with E-state index < -0.39 is 0 Å². The Hall–Kier alpha value is -1.48. The molecule has 2 N–H and O–H groups in total. The first-order valence-corrected chi connectivity index (χ1v) is 7.87. The van der Waals surface area contributed by atoms with Gasteiger partial charge in [0.05, 0.1) is 5.69 Å². The molecule has 1 heterocycles. The van der Waals surface area contributed by atoms with Crippen molar-refractivity contribution in [2.45, 2.75) is 26.2 Å². The van der Waals surface area contributed by atoms with Crippen LogP contribution in [0.25, 0.3) is 0 Å². The highest BCUT2D eigenvalue weighted by molar-refractivity contribution is 9.10. The summed E-state index contributed by atoms with van der Waals surface area (Å²) in [7, 11) is 0. The largest absolute Gasteiger partial charge is 0.398 e. The number of anilines is 3. The zero-order valence-electron chi connectivity index (χ0n) is 11.7. The highest BCUT2D eigenvalue weighted by Crippen LogP contribution is 2.38. The molecule has 0 aliphatic carbocycles. The average molecular weight is 331 g/mol. The van der Waals surface area contributed by atoms with E-state index in [-0.39, 0.29) is 0 Å². The summed E-state index contributed by atoms with van der Waals surface area (Å²) in [6.45, 7) is 3.12. The van der Waals surface area contributed by atoms with Gasteiger partial charge in [-0.2, -0.15) is 0 Å². The van der Waals surface area contributed by atoms with Crippen LogP contribution in [0.5, 0.6) is 0 Å². The number of fused-ring (bicyclic) bond motifs is 1. The minimum atomic E-state index is 0.837. The molecule has 104 valence electrons. The van der Waals surface area contributed by atoms with Gasteiger partial charge in [0.2, 0.25) is 0 Å². The molecule has 0 saturated heterocycles. The Balaban J connectivity index is 2.12. The van der Waals surface area contributed by atoms with Crippen LogP contribution in [0.15, 0.2) is 40.9 Å². The zero-order chi connectivity index (χ0) is 14.1. The molecular weight excluding hydrogens is 312 g/mol. The van der Waals surface area contributed by atoms with Crippen molar-refractivity contribution in [3.05, 3.63) is 52.0 Å². The summed E-state index contributed by atoms with van der Waals surface area (Å²) in [5.74, 6) is 0. The average Bonchev–Trinajstić information content (AvgIpc) is 2.65. The van der Waals surface area contributed by atoms with Gasteiger partial charge >= 0.3 is 0 Å². The van der Waals surface area contributed by atoms with E-state index in [0.717, 1.165) is 28.7 Å². The molecule has 2 aromatic carbocycles. The van der Waals surface area contributed by atoms with Gasteiger partial charge in [-0.15, -0.1) is 0 Å². The van der Waals surface area contributed by atoms with E-state index in [1.165, 1.54) is 29.8 Å². The summed E-state index contributed by atoms with van der Waals surface area (Å²) in [4.78, 5) is 2.42. The van der Waals surface area contributed by atoms with Gasteiger partial charge in [0, 0.05) is 22.4 Å². The standard InChI is InChI=1S/C17H19BrN2/c1-12-10-17(14(18)11-15(12)19)20-9-5-4-7-13-6-2-3-8-16(13)20/h2-3,6,8,10-11H,4-5,7,9,19H2,1H3. The molecule has 0 spiro atoms. The molecule has 0 radical (unpaired) electrons. The van der Waals surface area contributed by atoms with Gasteiger partial charge in [0.25, 0.3) is 0 Å². The number of halogens is 1. The third-order valence-corrected chi connectivity index (χ3v) is 4.62. The lowest BCUT2D eigenvalue weighted by Crippen LogP contribution is -2.18. The van der Waals surface area contributed by atoms with Crippen molar-refractivity contribution in [2.75, 3.05) is 17.2 Å². The van der Waals surface area contributed by atoms with Crippen LogP contribution in [0.4, 0.5) is 17.1 Å². The molecule has 0 atom stereocenters. The lowest BCUT2D eigenvalue weighted by molar-refractivity contribution is 0.760. The summed E-state index contributed by atoms with van der Waals surface area (Å²) < 4.78 is 1.07. The molecular formula is C17H19BrN2. The summed E-state index contributed by atoms with van der Waals surface area (Å²) in [5, 5.41) is 0. The first kappa shape index (κ1) is 13.5. The first-order chi connectivity index (χ1) is 9.66. The molecule has 3 rings (SSSR count). The Morgan fingerprint density at radius 3 is 2.75 bits per heavy atom. The summed E-state index contributed by atoms with van der Waals surface area (Å²) in [6.07, 6.45) is 3.63. The Morgan fingerprint density at radius 2 is 1.90 bits per heavy atom. The monoisotopic (exact) mass is 330 g/mol. The molecule has 0 bridgehead atoms. The van der Waals surface area contributed by atoms with E-state index >= 15 is 0 Å². The number of nitrogen functional groups attached to an aromatic ring is 1. The van der Waals surface area contributed by atoms with E-state index in [0.29, 0.717) is 0 Å². The third-order valence-electron chi connectivity index (χ3n) is 3.99. The van der Waals surface area contributed by atoms with E-state index in [1.54, 1.807) is 0 Å². The van der Waals surface area contributed by atoms with Crippen LogP contribution in [0.3, 0.4) is 0 Å². The molecule has 2 aromatic rings. The maximum absolute atomic E-state index is 6.00. The van der Waals surface area contributed by atoms with Gasteiger partial charge in [-0.3, -0.25) is 0 Å². The van der Waals surface area contributed by atoms with Crippen LogP contribution in [0.1, 0.15) is 24.0 Å². The fourth-order valence-electron chi connectivity index (χ4n) is 2.83. The third kappa shape index (κ3) is 2.42. The Bertz CT molecular complexity index is 637.